The van der Waals surface area contributed by atoms with Gasteiger partial charge in [-0.3, -0.25) is 0 Å². The van der Waals surface area contributed by atoms with Crippen molar-refractivity contribution in [3.05, 3.63) is 53.2 Å². The highest BCUT2D eigenvalue weighted by Crippen LogP contribution is 2.33. The summed E-state index contributed by atoms with van der Waals surface area (Å²) in [6.45, 7) is 5.27. The van der Waals surface area contributed by atoms with Crippen LogP contribution in [-0.4, -0.2) is 11.5 Å². The quantitative estimate of drug-likeness (QED) is 0.928. The molecule has 0 fully saturated rings. The lowest BCUT2D eigenvalue weighted by atomic mass is 10.00. The Balaban J connectivity index is 1.97. The highest BCUT2D eigenvalue weighted by atomic mass is 15.2. The summed E-state index contributed by atoms with van der Waals surface area (Å²) < 4.78 is 0. The minimum Gasteiger partial charge on any atom is -0.326 e. The van der Waals surface area contributed by atoms with Crippen molar-refractivity contribution < 1.29 is 0 Å². The number of pyridine rings is 1. The molecular weight excluding hydrogens is 258 g/mol. The number of nitrogens with zero attached hydrogens (tertiary/aromatic N) is 2. The first-order chi connectivity index (χ1) is 10.2. The fourth-order valence-electron chi connectivity index (χ4n) is 3.08. The monoisotopic (exact) mass is 281 g/mol. The third-order valence-corrected chi connectivity index (χ3v) is 4.36. The lowest BCUT2D eigenvalue weighted by molar-refractivity contribution is 0.688. The highest BCUT2D eigenvalue weighted by Gasteiger charge is 2.19. The summed E-state index contributed by atoms with van der Waals surface area (Å²) in [4.78, 5) is 7.00. The Morgan fingerprint density at radius 2 is 2.14 bits per heavy atom. The zero-order valence-electron chi connectivity index (χ0n) is 12.8. The van der Waals surface area contributed by atoms with Crippen LogP contribution >= 0.6 is 0 Å². The van der Waals surface area contributed by atoms with E-state index in [1.807, 2.05) is 6.20 Å². The molecule has 3 heteroatoms. The lowest BCUT2D eigenvalue weighted by Crippen LogP contribution is -2.25. The van der Waals surface area contributed by atoms with E-state index >= 15 is 0 Å². The van der Waals surface area contributed by atoms with E-state index in [-0.39, 0.29) is 6.04 Å². The lowest BCUT2D eigenvalue weighted by Gasteiger charge is -2.31. The number of rotatable bonds is 3. The van der Waals surface area contributed by atoms with Crippen LogP contribution < -0.4 is 10.6 Å². The second-order valence-corrected chi connectivity index (χ2v) is 5.80. The Bertz CT molecular complexity index is 636. The van der Waals surface area contributed by atoms with Crippen molar-refractivity contribution in [3.8, 4) is 0 Å². The Labute approximate surface area is 126 Å². The summed E-state index contributed by atoms with van der Waals surface area (Å²) in [6, 6.07) is 10.9. The zero-order chi connectivity index (χ0) is 14.8. The van der Waals surface area contributed by atoms with Gasteiger partial charge in [0.25, 0.3) is 0 Å². The van der Waals surface area contributed by atoms with Crippen molar-refractivity contribution >= 4 is 11.5 Å². The van der Waals surface area contributed by atoms with Gasteiger partial charge in [0, 0.05) is 24.5 Å². The van der Waals surface area contributed by atoms with Gasteiger partial charge in [-0.25, -0.2) is 4.98 Å². The Morgan fingerprint density at radius 3 is 2.90 bits per heavy atom. The third-order valence-electron chi connectivity index (χ3n) is 4.36. The number of para-hydroxylation sites is 1. The molecule has 3 rings (SSSR count). The van der Waals surface area contributed by atoms with E-state index < -0.39 is 0 Å². The van der Waals surface area contributed by atoms with Crippen molar-refractivity contribution in [2.75, 3.05) is 11.4 Å². The smallest absolute Gasteiger partial charge is 0.133 e. The first-order valence-corrected chi connectivity index (χ1v) is 7.78. The largest absolute Gasteiger partial charge is 0.326 e. The van der Waals surface area contributed by atoms with E-state index in [2.05, 4.69) is 54.1 Å². The van der Waals surface area contributed by atoms with Gasteiger partial charge < -0.3 is 10.6 Å². The molecule has 2 N–H and O–H groups in total. The molecule has 1 atom stereocenters. The van der Waals surface area contributed by atoms with Gasteiger partial charge in [0.2, 0.25) is 0 Å². The van der Waals surface area contributed by atoms with Gasteiger partial charge in [0.1, 0.15) is 5.82 Å². The van der Waals surface area contributed by atoms with Crippen LogP contribution in [0.1, 0.15) is 42.5 Å². The molecule has 1 aromatic heterocycles. The van der Waals surface area contributed by atoms with Gasteiger partial charge in [-0.05, 0) is 55.0 Å². The normalized spacial score (nSPS) is 15.7. The summed E-state index contributed by atoms with van der Waals surface area (Å²) >= 11 is 0. The minimum atomic E-state index is 0.0835. The molecule has 0 radical (unpaired) electrons. The first-order valence-electron chi connectivity index (χ1n) is 7.78. The molecule has 1 aliphatic heterocycles. The molecule has 21 heavy (non-hydrogen) atoms. The molecule has 1 aromatic carbocycles. The van der Waals surface area contributed by atoms with Crippen LogP contribution in [-0.2, 0) is 6.42 Å². The molecule has 3 nitrogen and oxygen atoms in total. The predicted molar refractivity (Wildman–Crippen MR) is 88.0 cm³/mol. The summed E-state index contributed by atoms with van der Waals surface area (Å²) in [6.07, 6.45) is 5.23. The molecule has 0 saturated carbocycles. The van der Waals surface area contributed by atoms with E-state index in [0.29, 0.717) is 0 Å². The van der Waals surface area contributed by atoms with Gasteiger partial charge in [-0.2, -0.15) is 0 Å². The molecule has 0 aliphatic carbocycles. The third kappa shape index (κ3) is 2.66. The first kappa shape index (κ1) is 14.1. The molecule has 110 valence electrons. The second kappa shape index (κ2) is 5.86. The van der Waals surface area contributed by atoms with Crippen LogP contribution in [0.15, 0.2) is 36.5 Å². The number of hydrogen-bond acceptors (Lipinski definition) is 3. The highest BCUT2D eigenvalue weighted by molar-refractivity contribution is 5.65. The van der Waals surface area contributed by atoms with E-state index in [4.69, 9.17) is 5.73 Å². The Kier molecular flexibility index (Phi) is 3.93. The standard InChI is InChI=1S/C18H23N3/c1-3-16(19)15-12-20-18(11-13(15)2)21-10-6-8-14-7-4-5-9-17(14)21/h4-5,7,9,11-12,16H,3,6,8,10,19H2,1-2H3/t16-/m0/s1. The second-order valence-electron chi connectivity index (χ2n) is 5.80. The van der Waals surface area contributed by atoms with Crippen molar-refractivity contribution in [3.63, 3.8) is 0 Å². The maximum atomic E-state index is 6.15. The van der Waals surface area contributed by atoms with Crippen LogP contribution in [0.2, 0.25) is 0 Å². The molecule has 0 saturated heterocycles. The summed E-state index contributed by atoms with van der Waals surface area (Å²) in [5, 5.41) is 0. The zero-order valence-corrected chi connectivity index (χ0v) is 12.8. The number of aryl methyl sites for hydroxylation is 2. The van der Waals surface area contributed by atoms with Crippen LogP contribution in [0, 0.1) is 6.92 Å². The van der Waals surface area contributed by atoms with E-state index in [9.17, 15) is 0 Å². The summed E-state index contributed by atoms with van der Waals surface area (Å²) in [5.74, 6) is 1.03. The fourth-order valence-corrected chi connectivity index (χ4v) is 3.08. The summed E-state index contributed by atoms with van der Waals surface area (Å²) in [5.41, 5.74) is 11.2. The van der Waals surface area contributed by atoms with E-state index in [1.54, 1.807) is 0 Å². The van der Waals surface area contributed by atoms with Gasteiger partial charge in [0.05, 0.1) is 0 Å². The van der Waals surface area contributed by atoms with Gasteiger partial charge >= 0.3 is 0 Å². The maximum absolute atomic E-state index is 6.15. The van der Waals surface area contributed by atoms with Gasteiger partial charge in [-0.1, -0.05) is 25.1 Å². The van der Waals surface area contributed by atoms with Crippen LogP contribution in [0.3, 0.4) is 0 Å². The molecule has 2 aromatic rings. The van der Waals surface area contributed by atoms with E-state index in [0.717, 1.165) is 30.8 Å². The van der Waals surface area contributed by atoms with Crippen LogP contribution in [0.25, 0.3) is 0 Å². The SMILES string of the molecule is CC[C@H](N)c1cnc(N2CCCc3ccccc32)cc1C. The van der Waals surface area contributed by atoms with Crippen molar-refractivity contribution in [1.29, 1.82) is 0 Å². The van der Waals surface area contributed by atoms with Crippen molar-refractivity contribution in [2.24, 2.45) is 5.73 Å². The van der Waals surface area contributed by atoms with Crippen LogP contribution in [0.4, 0.5) is 11.5 Å². The molecule has 0 amide bonds. The maximum Gasteiger partial charge on any atom is 0.133 e. The van der Waals surface area contributed by atoms with E-state index in [1.165, 1.54) is 23.2 Å². The number of benzene rings is 1. The molecule has 0 bridgehead atoms. The van der Waals surface area contributed by atoms with Gasteiger partial charge in [-0.15, -0.1) is 0 Å². The topological polar surface area (TPSA) is 42.1 Å². The molecule has 0 unspecified atom stereocenters. The van der Waals surface area contributed by atoms with Crippen LogP contribution in [0.5, 0.6) is 0 Å². The number of hydrogen-bond donors (Lipinski definition) is 1. The number of nitrogens with two attached hydrogens (primary N) is 1. The molecule has 0 spiro atoms. The molecule has 2 heterocycles. The van der Waals surface area contributed by atoms with Gasteiger partial charge in [0.15, 0.2) is 0 Å². The number of anilines is 2. The summed E-state index contributed by atoms with van der Waals surface area (Å²) in [7, 11) is 0. The molecule has 1 aliphatic rings. The number of aromatic nitrogens is 1. The Hall–Kier alpha value is -1.87. The minimum absolute atomic E-state index is 0.0835. The average Bonchev–Trinajstić information content (AvgIpc) is 2.53. The molecular formula is C18H23N3. The number of fused-ring (bicyclic) bond motifs is 1. The average molecular weight is 281 g/mol. The van der Waals surface area contributed by atoms with Crippen molar-refractivity contribution in [1.82, 2.24) is 4.98 Å². The Morgan fingerprint density at radius 1 is 1.33 bits per heavy atom. The fraction of sp³-hybridized carbons (Fsp3) is 0.389. The predicted octanol–water partition coefficient (Wildman–Crippen LogP) is 3.88. The van der Waals surface area contributed by atoms with Crippen molar-refractivity contribution in [2.45, 2.75) is 39.2 Å².